The number of pyridine rings is 1. The maximum atomic E-state index is 6.08. The lowest BCUT2D eigenvalue weighted by molar-refractivity contribution is 0.176. The van der Waals surface area contributed by atoms with Crippen molar-refractivity contribution in [1.82, 2.24) is 4.98 Å². The smallest absolute Gasteiger partial charge is 0.212 e. The fraction of sp³-hybridized carbons (Fsp3) is 0.312. The van der Waals surface area contributed by atoms with Gasteiger partial charge in [0.05, 0.1) is 7.11 Å². The number of fused-ring (bicyclic) bond motifs is 1. The van der Waals surface area contributed by atoms with Gasteiger partial charge in [0.25, 0.3) is 0 Å². The molecule has 0 saturated heterocycles. The van der Waals surface area contributed by atoms with E-state index in [0.29, 0.717) is 5.88 Å². The molecule has 0 fully saturated rings. The van der Waals surface area contributed by atoms with E-state index in [2.05, 4.69) is 16.4 Å². The van der Waals surface area contributed by atoms with Crippen molar-refractivity contribution in [2.24, 2.45) is 0 Å². The lowest BCUT2D eigenvalue weighted by atomic mass is 9.98. The van der Waals surface area contributed by atoms with Gasteiger partial charge in [-0.3, -0.25) is 0 Å². The number of rotatable bonds is 3. The summed E-state index contributed by atoms with van der Waals surface area (Å²) in [6.07, 6.45) is 3.88. The molecule has 2 aromatic rings. The summed E-state index contributed by atoms with van der Waals surface area (Å²) in [5.41, 5.74) is 3.47. The van der Waals surface area contributed by atoms with Gasteiger partial charge in [0.15, 0.2) is 0 Å². The summed E-state index contributed by atoms with van der Waals surface area (Å²) < 4.78 is 11.2. The highest BCUT2D eigenvalue weighted by molar-refractivity contribution is 5.51. The first-order chi connectivity index (χ1) is 9.80. The Kier molecular flexibility index (Phi) is 3.46. The molecule has 4 heteroatoms. The van der Waals surface area contributed by atoms with E-state index < -0.39 is 0 Å². The van der Waals surface area contributed by atoms with Crippen molar-refractivity contribution in [2.45, 2.75) is 18.9 Å². The number of methoxy groups -OCH3 is 1. The van der Waals surface area contributed by atoms with E-state index in [0.717, 1.165) is 29.8 Å². The standard InChI is InChI=1S/C16H18N2O2/c1-17-13-5-7-14-11(9-13)3-6-15(20-14)12-4-8-16(19-2)18-10-12/h4-5,7-10,15,17H,3,6H2,1-2H3. The average molecular weight is 270 g/mol. The summed E-state index contributed by atoms with van der Waals surface area (Å²) in [7, 11) is 3.55. The molecule has 4 nitrogen and oxygen atoms in total. The number of aryl methyl sites for hydroxylation is 1. The summed E-state index contributed by atoms with van der Waals surface area (Å²) in [4.78, 5) is 4.24. The van der Waals surface area contributed by atoms with E-state index in [1.165, 1.54) is 5.56 Å². The number of nitrogens with zero attached hydrogens (tertiary/aromatic N) is 1. The Hall–Kier alpha value is -2.23. The van der Waals surface area contributed by atoms with Gasteiger partial charge >= 0.3 is 0 Å². The second kappa shape index (κ2) is 5.41. The van der Waals surface area contributed by atoms with Crippen molar-refractivity contribution < 1.29 is 9.47 Å². The van der Waals surface area contributed by atoms with E-state index in [4.69, 9.17) is 9.47 Å². The van der Waals surface area contributed by atoms with Gasteiger partial charge in [-0.05, 0) is 42.7 Å². The van der Waals surface area contributed by atoms with E-state index in [-0.39, 0.29) is 6.10 Å². The summed E-state index contributed by atoms with van der Waals surface area (Å²) >= 11 is 0. The number of aromatic nitrogens is 1. The molecule has 1 aliphatic rings. The number of anilines is 1. The summed E-state index contributed by atoms with van der Waals surface area (Å²) in [6, 6.07) is 10.1. The number of hydrogen-bond acceptors (Lipinski definition) is 4. The Balaban J connectivity index is 1.80. The molecule has 2 heterocycles. The Morgan fingerprint density at radius 2 is 2.20 bits per heavy atom. The summed E-state index contributed by atoms with van der Waals surface area (Å²) in [5, 5.41) is 3.15. The SMILES string of the molecule is CNc1ccc2c(c1)CCC(c1ccc(OC)nc1)O2. The van der Waals surface area contributed by atoms with Crippen LogP contribution in [0.2, 0.25) is 0 Å². The number of hydrogen-bond donors (Lipinski definition) is 1. The van der Waals surface area contributed by atoms with Crippen LogP contribution >= 0.6 is 0 Å². The maximum absolute atomic E-state index is 6.08. The summed E-state index contributed by atoms with van der Waals surface area (Å²) in [5.74, 6) is 1.60. The van der Waals surface area contributed by atoms with Crippen LogP contribution in [0.1, 0.15) is 23.7 Å². The largest absolute Gasteiger partial charge is 0.485 e. The van der Waals surface area contributed by atoms with E-state index in [9.17, 15) is 0 Å². The fourth-order valence-electron chi connectivity index (χ4n) is 2.48. The van der Waals surface area contributed by atoms with Crippen LogP contribution in [0.3, 0.4) is 0 Å². The first kappa shape index (κ1) is 12.8. The lowest BCUT2D eigenvalue weighted by Crippen LogP contribution is -2.15. The van der Waals surface area contributed by atoms with Crippen molar-refractivity contribution in [3.8, 4) is 11.6 Å². The molecular weight excluding hydrogens is 252 g/mol. The Morgan fingerprint density at radius 3 is 2.90 bits per heavy atom. The van der Waals surface area contributed by atoms with Crippen LogP contribution in [-0.2, 0) is 6.42 Å². The van der Waals surface area contributed by atoms with Crippen molar-refractivity contribution in [1.29, 1.82) is 0 Å². The minimum Gasteiger partial charge on any atom is -0.485 e. The zero-order valence-electron chi connectivity index (χ0n) is 11.7. The van der Waals surface area contributed by atoms with Crippen LogP contribution in [0.4, 0.5) is 5.69 Å². The zero-order valence-corrected chi connectivity index (χ0v) is 11.7. The van der Waals surface area contributed by atoms with Crippen molar-refractivity contribution in [3.63, 3.8) is 0 Å². The second-order valence-corrected chi connectivity index (χ2v) is 4.85. The van der Waals surface area contributed by atoms with Crippen LogP contribution in [-0.4, -0.2) is 19.1 Å². The third kappa shape index (κ3) is 2.41. The molecule has 3 rings (SSSR count). The van der Waals surface area contributed by atoms with Gasteiger partial charge in [-0.2, -0.15) is 0 Å². The van der Waals surface area contributed by atoms with Gasteiger partial charge < -0.3 is 14.8 Å². The molecule has 0 spiro atoms. The third-order valence-corrected chi connectivity index (χ3v) is 3.63. The molecule has 0 amide bonds. The van der Waals surface area contributed by atoms with Crippen LogP contribution in [0.25, 0.3) is 0 Å². The minimum absolute atomic E-state index is 0.0707. The van der Waals surface area contributed by atoms with Gasteiger partial charge in [0.1, 0.15) is 11.9 Å². The summed E-state index contributed by atoms with van der Waals surface area (Å²) in [6.45, 7) is 0. The van der Waals surface area contributed by atoms with E-state index in [1.807, 2.05) is 37.5 Å². The molecule has 1 atom stereocenters. The molecule has 1 aliphatic heterocycles. The Bertz CT molecular complexity index is 596. The van der Waals surface area contributed by atoms with Crippen LogP contribution in [0.5, 0.6) is 11.6 Å². The van der Waals surface area contributed by atoms with E-state index >= 15 is 0 Å². The Morgan fingerprint density at radius 1 is 1.30 bits per heavy atom. The van der Waals surface area contributed by atoms with Gasteiger partial charge in [-0.15, -0.1) is 0 Å². The molecule has 20 heavy (non-hydrogen) atoms. The molecule has 1 aromatic heterocycles. The highest BCUT2D eigenvalue weighted by atomic mass is 16.5. The minimum atomic E-state index is 0.0707. The van der Waals surface area contributed by atoms with E-state index in [1.54, 1.807) is 7.11 Å². The molecule has 104 valence electrons. The third-order valence-electron chi connectivity index (χ3n) is 3.63. The molecule has 1 aromatic carbocycles. The molecular formula is C16H18N2O2. The quantitative estimate of drug-likeness (QED) is 0.930. The fourth-order valence-corrected chi connectivity index (χ4v) is 2.48. The molecule has 1 N–H and O–H groups in total. The molecule has 0 saturated carbocycles. The van der Waals surface area contributed by atoms with Gasteiger partial charge in [0, 0.05) is 30.6 Å². The lowest BCUT2D eigenvalue weighted by Gasteiger charge is -2.26. The molecule has 1 unspecified atom stereocenters. The predicted molar refractivity (Wildman–Crippen MR) is 78.5 cm³/mol. The highest BCUT2D eigenvalue weighted by Gasteiger charge is 2.21. The van der Waals surface area contributed by atoms with Crippen molar-refractivity contribution >= 4 is 5.69 Å². The maximum Gasteiger partial charge on any atom is 0.212 e. The zero-order chi connectivity index (χ0) is 13.9. The Labute approximate surface area is 118 Å². The average Bonchev–Trinajstić information content (AvgIpc) is 2.54. The van der Waals surface area contributed by atoms with Crippen LogP contribution in [0.15, 0.2) is 36.5 Å². The van der Waals surface area contributed by atoms with Gasteiger partial charge in [0.2, 0.25) is 5.88 Å². The highest BCUT2D eigenvalue weighted by Crippen LogP contribution is 2.36. The second-order valence-electron chi connectivity index (χ2n) is 4.85. The predicted octanol–water partition coefficient (Wildman–Crippen LogP) is 3.20. The number of benzene rings is 1. The van der Waals surface area contributed by atoms with Crippen molar-refractivity contribution in [3.05, 3.63) is 47.7 Å². The number of ether oxygens (including phenoxy) is 2. The van der Waals surface area contributed by atoms with Crippen molar-refractivity contribution in [2.75, 3.05) is 19.5 Å². The normalized spacial score (nSPS) is 17.0. The topological polar surface area (TPSA) is 43.4 Å². The first-order valence-electron chi connectivity index (χ1n) is 6.77. The first-order valence-corrected chi connectivity index (χ1v) is 6.77. The molecule has 0 radical (unpaired) electrons. The van der Waals surface area contributed by atoms with Crippen LogP contribution < -0.4 is 14.8 Å². The molecule has 0 aliphatic carbocycles. The monoisotopic (exact) mass is 270 g/mol. The van der Waals surface area contributed by atoms with Gasteiger partial charge in [-0.1, -0.05) is 0 Å². The molecule has 0 bridgehead atoms. The number of nitrogens with one attached hydrogen (secondary N) is 1. The van der Waals surface area contributed by atoms with Crippen LogP contribution in [0, 0.1) is 0 Å². The van der Waals surface area contributed by atoms with Gasteiger partial charge in [-0.25, -0.2) is 4.98 Å².